The molecule has 0 saturated heterocycles. The van der Waals surface area contributed by atoms with Crippen LogP contribution in [-0.2, 0) is 11.8 Å². The lowest BCUT2D eigenvalue weighted by Gasteiger charge is -2.20. The molecule has 174 valence electrons. The summed E-state index contributed by atoms with van der Waals surface area (Å²) >= 11 is 0. The average molecular weight is 456 g/mol. The number of aryl methyl sites for hydroxylation is 2. The highest BCUT2D eigenvalue weighted by molar-refractivity contribution is 6.13. The summed E-state index contributed by atoms with van der Waals surface area (Å²) in [7, 11) is 0. The van der Waals surface area contributed by atoms with E-state index in [1.54, 1.807) is 18.2 Å². The summed E-state index contributed by atoms with van der Waals surface area (Å²) in [4.78, 5) is 24.5. The van der Waals surface area contributed by atoms with E-state index in [-0.39, 0.29) is 22.6 Å². The number of benzene rings is 3. The molecule has 0 amide bonds. The van der Waals surface area contributed by atoms with E-state index in [4.69, 9.17) is 4.74 Å². The lowest BCUT2D eigenvalue weighted by Crippen LogP contribution is -2.15. The summed E-state index contributed by atoms with van der Waals surface area (Å²) in [6.45, 7) is 10.4. The molecule has 3 aromatic carbocycles. The average Bonchev–Trinajstić information content (AvgIpc) is 2.76. The fraction of sp³-hybridized carbons (Fsp3) is 0.276. The molecule has 1 aliphatic rings. The first-order valence-corrected chi connectivity index (χ1v) is 11.4. The maximum atomic E-state index is 13.1. The Morgan fingerprint density at radius 1 is 0.971 bits per heavy atom. The standard InChI is InChI=1S/C29H29NO4/c1-18-14-19(2)24-12-7-21(28(31)25(24)15-18)16-20-6-13-27(26(17-20)30(32)33)34-23-10-8-22(9-11-23)29(3,4)5/h6,8-11,13-17H,7,12H2,1-5H3. The molecule has 0 bridgehead atoms. The van der Waals surface area contributed by atoms with Gasteiger partial charge in [0.2, 0.25) is 5.75 Å². The van der Waals surface area contributed by atoms with Gasteiger partial charge in [0.1, 0.15) is 5.75 Å². The smallest absolute Gasteiger partial charge is 0.312 e. The number of nitro groups is 1. The molecule has 0 saturated carbocycles. The predicted molar refractivity (Wildman–Crippen MR) is 135 cm³/mol. The van der Waals surface area contributed by atoms with Crippen LogP contribution in [-0.4, -0.2) is 10.7 Å². The summed E-state index contributed by atoms with van der Waals surface area (Å²) in [5, 5.41) is 11.8. The molecule has 3 aromatic rings. The van der Waals surface area contributed by atoms with E-state index < -0.39 is 4.92 Å². The highest BCUT2D eigenvalue weighted by Crippen LogP contribution is 2.35. The Labute approximate surface area is 200 Å². The van der Waals surface area contributed by atoms with Gasteiger partial charge in [0.05, 0.1) is 4.92 Å². The molecular weight excluding hydrogens is 426 g/mol. The Morgan fingerprint density at radius 3 is 2.32 bits per heavy atom. The fourth-order valence-electron chi connectivity index (χ4n) is 4.42. The van der Waals surface area contributed by atoms with Crippen LogP contribution in [0.3, 0.4) is 0 Å². The van der Waals surface area contributed by atoms with Gasteiger partial charge in [-0.25, -0.2) is 0 Å². The molecule has 0 radical (unpaired) electrons. The Balaban J connectivity index is 1.62. The van der Waals surface area contributed by atoms with E-state index >= 15 is 0 Å². The highest BCUT2D eigenvalue weighted by atomic mass is 16.6. The summed E-state index contributed by atoms with van der Waals surface area (Å²) < 4.78 is 5.85. The minimum atomic E-state index is -0.453. The Bertz CT molecular complexity index is 1310. The monoisotopic (exact) mass is 455 g/mol. The van der Waals surface area contributed by atoms with Gasteiger partial charge in [-0.05, 0) is 84.7 Å². The zero-order valence-electron chi connectivity index (χ0n) is 20.3. The number of carbonyl (C=O) groups is 1. The van der Waals surface area contributed by atoms with Crippen LogP contribution in [0.4, 0.5) is 5.69 Å². The van der Waals surface area contributed by atoms with Crippen molar-refractivity contribution in [1.29, 1.82) is 0 Å². The molecule has 4 rings (SSSR count). The van der Waals surface area contributed by atoms with Crippen molar-refractivity contribution in [2.45, 2.75) is 52.9 Å². The van der Waals surface area contributed by atoms with Crippen LogP contribution in [0.15, 0.2) is 60.2 Å². The number of carbonyl (C=O) groups excluding carboxylic acids is 1. The van der Waals surface area contributed by atoms with Crippen LogP contribution in [0.1, 0.15) is 65.4 Å². The van der Waals surface area contributed by atoms with E-state index in [0.29, 0.717) is 23.3 Å². The van der Waals surface area contributed by atoms with Crippen LogP contribution in [0.5, 0.6) is 11.5 Å². The minimum absolute atomic E-state index is 0.00466. The number of hydrogen-bond donors (Lipinski definition) is 0. The first-order valence-electron chi connectivity index (χ1n) is 11.4. The van der Waals surface area contributed by atoms with Crippen molar-refractivity contribution < 1.29 is 14.5 Å². The number of hydrogen-bond acceptors (Lipinski definition) is 4. The number of allylic oxidation sites excluding steroid dienone is 1. The molecule has 34 heavy (non-hydrogen) atoms. The molecule has 0 heterocycles. The number of Topliss-reactive ketones (excluding diaryl/α,β-unsaturated/α-hetero) is 1. The van der Waals surface area contributed by atoms with Gasteiger partial charge in [0, 0.05) is 17.2 Å². The van der Waals surface area contributed by atoms with Gasteiger partial charge < -0.3 is 4.74 Å². The number of nitrogens with zero attached hydrogens (tertiary/aromatic N) is 1. The maximum Gasteiger partial charge on any atom is 0.312 e. The number of ether oxygens (including phenoxy) is 1. The number of ketones is 1. The normalized spacial score (nSPS) is 14.7. The topological polar surface area (TPSA) is 69.4 Å². The van der Waals surface area contributed by atoms with Crippen LogP contribution in [0.2, 0.25) is 0 Å². The Hall–Kier alpha value is -3.73. The van der Waals surface area contributed by atoms with Crippen LogP contribution >= 0.6 is 0 Å². The molecular formula is C29H29NO4. The second-order valence-electron chi connectivity index (χ2n) is 9.97. The number of rotatable bonds is 4. The molecule has 0 aliphatic heterocycles. The Kier molecular flexibility index (Phi) is 6.13. The molecule has 0 N–H and O–H groups in total. The van der Waals surface area contributed by atoms with Crippen molar-refractivity contribution in [3.8, 4) is 11.5 Å². The third-order valence-electron chi connectivity index (χ3n) is 6.27. The van der Waals surface area contributed by atoms with Gasteiger partial charge in [-0.2, -0.15) is 0 Å². The van der Waals surface area contributed by atoms with E-state index in [2.05, 4.69) is 26.8 Å². The van der Waals surface area contributed by atoms with Crippen molar-refractivity contribution in [1.82, 2.24) is 0 Å². The van der Waals surface area contributed by atoms with Gasteiger partial charge in [-0.1, -0.05) is 50.6 Å². The van der Waals surface area contributed by atoms with Crippen molar-refractivity contribution >= 4 is 17.5 Å². The van der Waals surface area contributed by atoms with Crippen LogP contribution < -0.4 is 4.74 Å². The van der Waals surface area contributed by atoms with Crippen LogP contribution in [0, 0.1) is 24.0 Å². The summed E-state index contributed by atoms with van der Waals surface area (Å²) in [5.74, 6) is 0.698. The Morgan fingerprint density at radius 2 is 1.68 bits per heavy atom. The van der Waals surface area contributed by atoms with Gasteiger partial charge in [-0.3, -0.25) is 14.9 Å². The van der Waals surface area contributed by atoms with Crippen molar-refractivity contribution in [2.24, 2.45) is 0 Å². The summed E-state index contributed by atoms with van der Waals surface area (Å²) in [6.07, 6.45) is 3.16. The second kappa shape index (κ2) is 8.90. The fourth-order valence-corrected chi connectivity index (χ4v) is 4.42. The largest absolute Gasteiger partial charge is 0.450 e. The first kappa shape index (κ1) is 23.4. The zero-order valence-corrected chi connectivity index (χ0v) is 20.3. The van der Waals surface area contributed by atoms with Gasteiger partial charge in [-0.15, -0.1) is 0 Å². The van der Waals surface area contributed by atoms with Crippen molar-refractivity contribution in [3.63, 3.8) is 0 Å². The predicted octanol–water partition coefficient (Wildman–Crippen LogP) is 7.51. The molecule has 0 atom stereocenters. The SMILES string of the molecule is Cc1cc(C)c2c(c1)C(=O)C(=Cc1ccc(Oc3ccc(C(C)(C)C)cc3)c([N+](=O)[O-])c1)CC2. The molecule has 0 fully saturated rings. The molecule has 0 aromatic heterocycles. The molecule has 5 heteroatoms. The van der Waals surface area contributed by atoms with E-state index in [0.717, 1.165) is 34.2 Å². The molecule has 1 aliphatic carbocycles. The molecule has 5 nitrogen and oxygen atoms in total. The number of fused-ring (bicyclic) bond motifs is 1. The zero-order chi connectivity index (χ0) is 24.6. The minimum Gasteiger partial charge on any atom is -0.450 e. The molecule has 0 unspecified atom stereocenters. The quantitative estimate of drug-likeness (QED) is 0.232. The van der Waals surface area contributed by atoms with Gasteiger partial charge in [0.15, 0.2) is 5.78 Å². The first-order chi connectivity index (χ1) is 16.0. The van der Waals surface area contributed by atoms with Crippen molar-refractivity contribution in [2.75, 3.05) is 0 Å². The second-order valence-corrected chi connectivity index (χ2v) is 9.97. The summed E-state index contributed by atoms with van der Waals surface area (Å²) in [5.41, 5.74) is 6.33. The lowest BCUT2D eigenvalue weighted by atomic mass is 9.83. The van der Waals surface area contributed by atoms with Gasteiger partial charge in [0.25, 0.3) is 0 Å². The third-order valence-corrected chi connectivity index (χ3v) is 6.27. The highest BCUT2D eigenvalue weighted by Gasteiger charge is 2.24. The maximum absolute atomic E-state index is 13.1. The van der Waals surface area contributed by atoms with Crippen molar-refractivity contribution in [3.05, 3.63) is 104 Å². The van der Waals surface area contributed by atoms with E-state index in [1.165, 1.54) is 6.07 Å². The summed E-state index contributed by atoms with van der Waals surface area (Å²) in [6, 6.07) is 16.4. The number of nitro benzene ring substituents is 1. The van der Waals surface area contributed by atoms with E-state index in [9.17, 15) is 14.9 Å². The van der Waals surface area contributed by atoms with Gasteiger partial charge >= 0.3 is 5.69 Å². The third kappa shape index (κ3) is 4.79. The molecule has 0 spiro atoms. The van der Waals surface area contributed by atoms with E-state index in [1.807, 2.05) is 44.2 Å². The van der Waals surface area contributed by atoms with Crippen LogP contribution in [0.25, 0.3) is 6.08 Å². The lowest BCUT2D eigenvalue weighted by molar-refractivity contribution is -0.385.